The zero-order chi connectivity index (χ0) is 10.6. The highest BCUT2D eigenvalue weighted by Gasteiger charge is 2.06. The largest absolute Gasteiger partial charge is 0.348 e. The highest BCUT2D eigenvalue weighted by atomic mass is 15.3. The average Bonchev–Trinajstić information content (AvgIpc) is 2.48. The van der Waals surface area contributed by atoms with Gasteiger partial charge in [-0.1, -0.05) is 6.08 Å². The van der Waals surface area contributed by atoms with E-state index >= 15 is 0 Å². The quantitative estimate of drug-likeness (QED) is 0.555. The van der Waals surface area contributed by atoms with Crippen LogP contribution in [0.25, 0.3) is 0 Å². The fourth-order valence-corrected chi connectivity index (χ4v) is 1.32. The van der Waals surface area contributed by atoms with Crippen LogP contribution >= 0.6 is 0 Å². The lowest BCUT2D eigenvalue weighted by Crippen LogP contribution is -2.18. The number of anilines is 1. The lowest BCUT2D eigenvalue weighted by molar-refractivity contribution is 0.699. The van der Waals surface area contributed by atoms with Gasteiger partial charge in [0.2, 0.25) is 5.95 Å². The molecule has 0 aromatic carbocycles. The van der Waals surface area contributed by atoms with Crippen LogP contribution in [-0.4, -0.2) is 30.2 Å². The van der Waals surface area contributed by atoms with Gasteiger partial charge in [0.15, 0.2) is 0 Å². The van der Waals surface area contributed by atoms with Gasteiger partial charge in [-0.15, -0.1) is 6.58 Å². The first-order valence-corrected chi connectivity index (χ1v) is 4.66. The van der Waals surface area contributed by atoms with E-state index in [1.54, 1.807) is 0 Å². The van der Waals surface area contributed by atoms with Crippen molar-refractivity contribution < 1.29 is 0 Å². The van der Waals surface area contributed by atoms with E-state index in [0.717, 1.165) is 19.0 Å². The van der Waals surface area contributed by atoms with E-state index < -0.39 is 0 Å². The maximum absolute atomic E-state index is 4.32. The first-order chi connectivity index (χ1) is 6.66. The minimum atomic E-state index is 0.822. The fraction of sp³-hybridized carbons (Fsp3) is 0.500. The minimum absolute atomic E-state index is 0.822. The molecule has 0 spiro atoms. The molecular weight excluding hydrogens is 176 g/mol. The molecule has 0 bridgehead atoms. The molecule has 1 N–H and O–H groups in total. The van der Waals surface area contributed by atoms with Crippen molar-refractivity contribution in [2.24, 2.45) is 7.05 Å². The first kappa shape index (κ1) is 10.8. The molecule has 0 aliphatic rings. The van der Waals surface area contributed by atoms with Crippen LogP contribution in [0.4, 0.5) is 5.95 Å². The van der Waals surface area contributed by atoms with Crippen LogP contribution in [0.2, 0.25) is 0 Å². The van der Waals surface area contributed by atoms with Gasteiger partial charge in [0, 0.05) is 34.2 Å². The number of nitrogens with zero attached hydrogens (tertiary/aromatic N) is 3. The number of hydrogen-bond acceptors (Lipinski definition) is 3. The Hall–Kier alpha value is -1.29. The van der Waals surface area contributed by atoms with Gasteiger partial charge in [0.05, 0.1) is 11.9 Å². The maximum atomic E-state index is 4.32. The van der Waals surface area contributed by atoms with Crippen molar-refractivity contribution >= 4 is 5.95 Å². The van der Waals surface area contributed by atoms with Crippen molar-refractivity contribution in [2.75, 3.05) is 25.5 Å². The molecule has 0 saturated carbocycles. The zero-order valence-electron chi connectivity index (χ0n) is 9.12. The summed E-state index contributed by atoms with van der Waals surface area (Å²) in [4.78, 5) is 6.31. The monoisotopic (exact) mass is 194 g/mol. The predicted octanol–water partition coefficient (Wildman–Crippen LogP) is 0.762. The van der Waals surface area contributed by atoms with E-state index in [2.05, 4.69) is 21.4 Å². The molecule has 1 aromatic heterocycles. The molecule has 0 atom stereocenters. The minimum Gasteiger partial charge on any atom is -0.348 e. The zero-order valence-corrected chi connectivity index (χ0v) is 9.12. The number of aromatic nitrogens is 2. The Morgan fingerprint density at radius 2 is 2.36 bits per heavy atom. The van der Waals surface area contributed by atoms with Crippen LogP contribution in [0, 0.1) is 0 Å². The Labute approximate surface area is 85.2 Å². The number of nitrogens with one attached hydrogen (secondary N) is 1. The molecule has 1 rings (SSSR count). The summed E-state index contributed by atoms with van der Waals surface area (Å²) in [7, 11) is 6.00. The van der Waals surface area contributed by atoms with Crippen LogP contribution in [0.5, 0.6) is 0 Å². The lowest BCUT2D eigenvalue weighted by atomic mass is 10.4. The molecule has 78 valence electrons. The lowest BCUT2D eigenvalue weighted by Gasteiger charge is -2.12. The summed E-state index contributed by atoms with van der Waals surface area (Å²) in [6.45, 7) is 5.30. The van der Waals surface area contributed by atoms with Crippen LogP contribution in [0.1, 0.15) is 5.69 Å². The highest BCUT2D eigenvalue weighted by molar-refractivity contribution is 5.30. The molecule has 0 amide bonds. The van der Waals surface area contributed by atoms with Gasteiger partial charge in [0.25, 0.3) is 0 Å². The summed E-state index contributed by atoms with van der Waals surface area (Å²) >= 11 is 0. The Kier molecular flexibility index (Phi) is 3.71. The molecule has 0 aliphatic heterocycles. The molecule has 4 heteroatoms. The van der Waals surface area contributed by atoms with E-state index in [4.69, 9.17) is 0 Å². The molecule has 4 nitrogen and oxygen atoms in total. The average molecular weight is 194 g/mol. The number of hydrogen-bond donors (Lipinski definition) is 1. The first-order valence-electron chi connectivity index (χ1n) is 4.66. The van der Waals surface area contributed by atoms with Gasteiger partial charge >= 0.3 is 0 Å². The van der Waals surface area contributed by atoms with E-state index in [1.807, 2.05) is 38.3 Å². The van der Waals surface area contributed by atoms with Crippen LogP contribution in [0.15, 0.2) is 18.9 Å². The molecule has 0 saturated heterocycles. The van der Waals surface area contributed by atoms with Crippen LogP contribution in [-0.2, 0) is 13.6 Å². The van der Waals surface area contributed by atoms with E-state index in [1.165, 1.54) is 5.69 Å². The van der Waals surface area contributed by atoms with Crippen molar-refractivity contribution in [1.82, 2.24) is 14.9 Å². The van der Waals surface area contributed by atoms with Crippen molar-refractivity contribution in [3.8, 4) is 0 Å². The third-order valence-corrected chi connectivity index (χ3v) is 2.05. The molecule has 0 unspecified atom stereocenters. The van der Waals surface area contributed by atoms with Crippen molar-refractivity contribution in [3.63, 3.8) is 0 Å². The summed E-state index contributed by atoms with van der Waals surface area (Å²) in [5.74, 6) is 0.973. The standard InChI is InChI=1S/C10H18N4/c1-5-6-11-7-9-8-12-10(13(2)3)14(9)4/h5,8,11H,1,6-7H2,2-4H3. The summed E-state index contributed by atoms with van der Waals surface area (Å²) in [5.41, 5.74) is 1.18. The fourth-order valence-electron chi connectivity index (χ4n) is 1.32. The Morgan fingerprint density at radius 1 is 1.64 bits per heavy atom. The van der Waals surface area contributed by atoms with Gasteiger partial charge in [-0.3, -0.25) is 0 Å². The third-order valence-electron chi connectivity index (χ3n) is 2.05. The number of imidazole rings is 1. The predicted molar refractivity (Wildman–Crippen MR) is 59.4 cm³/mol. The Morgan fingerprint density at radius 3 is 2.86 bits per heavy atom. The van der Waals surface area contributed by atoms with Gasteiger partial charge in [0.1, 0.15) is 0 Å². The number of rotatable bonds is 5. The molecule has 1 heterocycles. The van der Waals surface area contributed by atoms with Crippen molar-refractivity contribution in [1.29, 1.82) is 0 Å². The van der Waals surface area contributed by atoms with E-state index in [0.29, 0.717) is 0 Å². The van der Waals surface area contributed by atoms with Crippen molar-refractivity contribution in [2.45, 2.75) is 6.54 Å². The Bertz CT molecular complexity index is 301. The van der Waals surface area contributed by atoms with Crippen molar-refractivity contribution in [3.05, 3.63) is 24.5 Å². The SMILES string of the molecule is C=CCNCc1cnc(N(C)C)n1C. The second-order valence-corrected chi connectivity index (χ2v) is 3.42. The van der Waals surface area contributed by atoms with Crippen LogP contribution < -0.4 is 10.2 Å². The highest BCUT2D eigenvalue weighted by Crippen LogP contribution is 2.10. The Balaban J connectivity index is 2.64. The van der Waals surface area contributed by atoms with E-state index in [9.17, 15) is 0 Å². The molecule has 0 aliphatic carbocycles. The maximum Gasteiger partial charge on any atom is 0.204 e. The molecule has 0 radical (unpaired) electrons. The summed E-state index contributed by atoms with van der Waals surface area (Å²) in [5, 5.41) is 3.25. The summed E-state index contributed by atoms with van der Waals surface area (Å²) in [6, 6.07) is 0. The third kappa shape index (κ3) is 2.35. The molecular formula is C10H18N4. The molecule has 1 aromatic rings. The van der Waals surface area contributed by atoms with E-state index in [-0.39, 0.29) is 0 Å². The molecule has 0 fully saturated rings. The molecule has 14 heavy (non-hydrogen) atoms. The smallest absolute Gasteiger partial charge is 0.204 e. The topological polar surface area (TPSA) is 33.1 Å². The summed E-state index contributed by atoms with van der Waals surface area (Å²) in [6.07, 6.45) is 3.74. The summed E-state index contributed by atoms with van der Waals surface area (Å²) < 4.78 is 2.08. The van der Waals surface area contributed by atoms with Gasteiger partial charge < -0.3 is 14.8 Å². The van der Waals surface area contributed by atoms with Gasteiger partial charge in [-0.25, -0.2) is 4.98 Å². The van der Waals surface area contributed by atoms with Crippen LogP contribution in [0.3, 0.4) is 0 Å². The normalized spacial score (nSPS) is 10.2. The van der Waals surface area contributed by atoms with Gasteiger partial charge in [-0.2, -0.15) is 0 Å². The second-order valence-electron chi connectivity index (χ2n) is 3.42. The van der Waals surface area contributed by atoms with Gasteiger partial charge in [-0.05, 0) is 0 Å². The second kappa shape index (κ2) is 4.81.